The highest BCUT2D eigenvalue weighted by molar-refractivity contribution is 5.98. The van der Waals surface area contributed by atoms with E-state index in [0.717, 1.165) is 25.0 Å². The maximum atomic E-state index is 13.8. The van der Waals surface area contributed by atoms with Crippen LogP contribution in [-0.4, -0.2) is 35.8 Å². The quantitative estimate of drug-likeness (QED) is 0.789. The molecule has 0 bridgehead atoms. The molecule has 0 saturated carbocycles. The van der Waals surface area contributed by atoms with E-state index in [1.807, 2.05) is 13.8 Å². The number of carbonyl (C=O) groups excluding carboxylic acids is 2. The van der Waals surface area contributed by atoms with Gasteiger partial charge >= 0.3 is 0 Å². The Labute approximate surface area is 142 Å². The van der Waals surface area contributed by atoms with Gasteiger partial charge in [0.2, 0.25) is 5.91 Å². The van der Waals surface area contributed by atoms with Gasteiger partial charge in [0.05, 0.1) is 0 Å². The molecule has 1 N–H and O–H groups in total. The van der Waals surface area contributed by atoms with Gasteiger partial charge in [-0.15, -0.1) is 0 Å². The maximum Gasteiger partial charge on any atom is 0.257 e. The number of benzene rings is 1. The molecule has 0 spiro atoms. The first-order valence-corrected chi connectivity index (χ1v) is 8.37. The smallest absolute Gasteiger partial charge is 0.257 e. The Bertz CT molecular complexity index is 550. The van der Waals surface area contributed by atoms with Crippen LogP contribution in [0.3, 0.4) is 0 Å². The number of rotatable bonds is 8. The third-order valence-electron chi connectivity index (χ3n) is 3.71. The van der Waals surface area contributed by atoms with Gasteiger partial charge in [-0.2, -0.15) is 0 Å². The number of hydrogen-bond acceptors (Lipinski definition) is 2. The highest BCUT2D eigenvalue weighted by Crippen LogP contribution is 2.14. The minimum Gasteiger partial charge on any atom is -0.341 e. The van der Waals surface area contributed by atoms with E-state index >= 15 is 0 Å². The average Bonchev–Trinajstić information content (AvgIpc) is 2.51. The molecule has 1 unspecified atom stereocenters. The Morgan fingerprint density at radius 3 is 2.00 bits per heavy atom. The Hall–Kier alpha value is -1.98. The van der Waals surface area contributed by atoms with Crippen LogP contribution in [-0.2, 0) is 4.79 Å². The molecule has 2 amide bonds. The summed E-state index contributed by atoms with van der Waals surface area (Å²) < 4.78 is 27.5. The van der Waals surface area contributed by atoms with Gasteiger partial charge in [-0.25, -0.2) is 8.78 Å². The molecular weight excluding hydrogens is 314 g/mol. The van der Waals surface area contributed by atoms with Crippen molar-refractivity contribution >= 4 is 11.8 Å². The lowest BCUT2D eigenvalue weighted by atomic mass is 10.0. The van der Waals surface area contributed by atoms with E-state index in [4.69, 9.17) is 0 Å². The van der Waals surface area contributed by atoms with E-state index in [1.165, 1.54) is 6.07 Å². The zero-order valence-corrected chi connectivity index (χ0v) is 14.7. The van der Waals surface area contributed by atoms with Gasteiger partial charge in [-0.05, 0) is 30.9 Å². The fourth-order valence-corrected chi connectivity index (χ4v) is 2.51. The molecule has 0 aliphatic carbocycles. The van der Waals surface area contributed by atoms with Crippen LogP contribution in [0, 0.1) is 17.6 Å². The van der Waals surface area contributed by atoms with Crippen molar-refractivity contribution in [3.63, 3.8) is 0 Å². The summed E-state index contributed by atoms with van der Waals surface area (Å²) >= 11 is 0. The molecule has 0 heterocycles. The van der Waals surface area contributed by atoms with Gasteiger partial charge in [-0.1, -0.05) is 33.8 Å². The number of nitrogens with one attached hydrogen (secondary N) is 1. The number of carbonyl (C=O) groups is 2. The van der Waals surface area contributed by atoms with Crippen LogP contribution < -0.4 is 5.32 Å². The Morgan fingerprint density at radius 2 is 1.58 bits per heavy atom. The number of nitrogens with zero attached hydrogens (tertiary/aromatic N) is 1. The minimum atomic E-state index is -0.943. The zero-order valence-electron chi connectivity index (χ0n) is 14.7. The molecule has 0 fully saturated rings. The molecule has 0 radical (unpaired) electrons. The summed E-state index contributed by atoms with van der Waals surface area (Å²) in [5.41, 5.74) is -0.659. The minimum absolute atomic E-state index is 0.201. The summed E-state index contributed by atoms with van der Waals surface area (Å²) in [6, 6.07) is 2.40. The summed E-state index contributed by atoms with van der Waals surface area (Å²) in [5.74, 6) is -3.22. The van der Waals surface area contributed by atoms with E-state index in [2.05, 4.69) is 5.32 Å². The normalized spacial score (nSPS) is 12.1. The largest absolute Gasteiger partial charge is 0.341 e. The molecule has 0 aromatic heterocycles. The SMILES string of the molecule is CCCN(CCC)C(=O)C(NC(=O)c1c(F)cccc1F)C(C)C. The van der Waals surface area contributed by atoms with Crippen LogP contribution in [0.5, 0.6) is 0 Å². The molecular formula is C18H26F2N2O2. The Kier molecular flexibility index (Phi) is 7.82. The van der Waals surface area contributed by atoms with Crippen molar-refractivity contribution in [3.05, 3.63) is 35.4 Å². The predicted molar refractivity (Wildman–Crippen MR) is 89.6 cm³/mol. The Morgan fingerprint density at radius 1 is 1.08 bits per heavy atom. The summed E-state index contributed by atoms with van der Waals surface area (Å²) in [6.45, 7) is 8.67. The summed E-state index contributed by atoms with van der Waals surface area (Å²) in [5, 5.41) is 2.50. The molecule has 1 atom stereocenters. The highest BCUT2D eigenvalue weighted by atomic mass is 19.1. The van der Waals surface area contributed by atoms with E-state index < -0.39 is 29.1 Å². The molecule has 0 saturated heterocycles. The lowest BCUT2D eigenvalue weighted by Crippen LogP contribution is -2.51. The second-order valence-electron chi connectivity index (χ2n) is 6.12. The molecule has 1 rings (SSSR count). The van der Waals surface area contributed by atoms with Gasteiger partial charge < -0.3 is 10.2 Å². The number of amides is 2. The van der Waals surface area contributed by atoms with Gasteiger partial charge in [0, 0.05) is 13.1 Å². The third-order valence-corrected chi connectivity index (χ3v) is 3.71. The monoisotopic (exact) mass is 340 g/mol. The molecule has 4 nitrogen and oxygen atoms in total. The summed E-state index contributed by atoms with van der Waals surface area (Å²) in [6.07, 6.45) is 1.60. The van der Waals surface area contributed by atoms with Crippen molar-refractivity contribution in [3.8, 4) is 0 Å². The van der Waals surface area contributed by atoms with Crippen molar-refractivity contribution in [1.82, 2.24) is 10.2 Å². The lowest BCUT2D eigenvalue weighted by Gasteiger charge is -2.29. The zero-order chi connectivity index (χ0) is 18.3. The molecule has 0 aliphatic heterocycles. The fourth-order valence-electron chi connectivity index (χ4n) is 2.51. The number of halogens is 2. The van der Waals surface area contributed by atoms with Gasteiger partial charge in [-0.3, -0.25) is 9.59 Å². The van der Waals surface area contributed by atoms with Crippen LogP contribution in [0.2, 0.25) is 0 Å². The van der Waals surface area contributed by atoms with Crippen LogP contribution in [0.1, 0.15) is 50.9 Å². The van der Waals surface area contributed by atoms with Crippen LogP contribution in [0.25, 0.3) is 0 Å². The average molecular weight is 340 g/mol. The molecule has 0 aliphatic rings. The predicted octanol–water partition coefficient (Wildman–Crippen LogP) is 3.37. The molecule has 6 heteroatoms. The topological polar surface area (TPSA) is 49.4 Å². The van der Waals surface area contributed by atoms with Crippen LogP contribution >= 0.6 is 0 Å². The summed E-state index contributed by atoms with van der Waals surface area (Å²) in [4.78, 5) is 26.7. The number of hydrogen-bond donors (Lipinski definition) is 1. The van der Waals surface area contributed by atoms with Crippen molar-refractivity contribution in [2.75, 3.05) is 13.1 Å². The first-order chi connectivity index (χ1) is 11.3. The van der Waals surface area contributed by atoms with Crippen molar-refractivity contribution in [1.29, 1.82) is 0 Å². The van der Waals surface area contributed by atoms with Gasteiger partial charge in [0.15, 0.2) is 0 Å². The Balaban J connectivity index is 3.00. The molecule has 134 valence electrons. The standard InChI is InChI=1S/C18H26F2N2O2/c1-5-10-22(11-6-2)18(24)16(12(3)4)21-17(23)15-13(19)8-7-9-14(15)20/h7-9,12,16H,5-6,10-11H2,1-4H3,(H,21,23). The second-order valence-corrected chi connectivity index (χ2v) is 6.12. The first kappa shape index (κ1) is 20.1. The lowest BCUT2D eigenvalue weighted by molar-refractivity contribution is -0.134. The fraction of sp³-hybridized carbons (Fsp3) is 0.556. The summed E-state index contributed by atoms with van der Waals surface area (Å²) in [7, 11) is 0. The first-order valence-electron chi connectivity index (χ1n) is 8.37. The van der Waals surface area contributed by atoms with Gasteiger partial charge in [0.1, 0.15) is 23.2 Å². The van der Waals surface area contributed by atoms with E-state index in [9.17, 15) is 18.4 Å². The molecule has 1 aromatic carbocycles. The van der Waals surface area contributed by atoms with E-state index in [1.54, 1.807) is 18.7 Å². The van der Waals surface area contributed by atoms with Crippen LogP contribution in [0.4, 0.5) is 8.78 Å². The molecule has 1 aromatic rings. The maximum absolute atomic E-state index is 13.8. The third kappa shape index (κ3) is 5.01. The highest BCUT2D eigenvalue weighted by Gasteiger charge is 2.30. The molecule has 24 heavy (non-hydrogen) atoms. The van der Waals surface area contributed by atoms with E-state index in [0.29, 0.717) is 13.1 Å². The second kappa shape index (κ2) is 9.35. The van der Waals surface area contributed by atoms with Crippen LogP contribution in [0.15, 0.2) is 18.2 Å². The van der Waals surface area contributed by atoms with E-state index in [-0.39, 0.29) is 11.8 Å². The van der Waals surface area contributed by atoms with Gasteiger partial charge in [0.25, 0.3) is 5.91 Å². The van der Waals surface area contributed by atoms with Crippen molar-refractivity contribution in [2.45, 2.75) is 46.6 Å². The van der Waals surface area contributed by atoms with Crippen molar-refractivity contribution < 1.29 is 18.4 Å². The van der Waals surface area contributed by atoms with Crippen molar-refractivity contribution in [2.24, 2.45) is 5.92 Å².